The minimum atomic E-state index is 0.131. The molecular formula is C24H21NO. The second-order valence-electron chi connectivity index (χ2n) is 6.71. The van der Waals surface area contributed by atoms with Crippen molar-refractivity contribution in [2.24, 2.45) is 0 Å². The van der Waals surface area contributed by atoms with Gasteiger partial charge >= 0.3 is 0 Å². The third-order valence-corrected chi connectivity index (χ3v) is 4.99. The van der Waals surface area contributed by atoms with E-state index >= 15 is 0 Å². The van der Waals surface area contributed by atoms with E-state index in [9.17, 15) is 4.79 Å². The van der Waals surface area contributed by atoms with Crippen LogP contribution in [0.25, 0.3) is 17.2 Å². The molecule has 2 aromatic carbocycles. The first-order valence-electron chi connectivity index (χ1n) is 9.09. The SMILES string of the molecule is CCc1ccc(C(=O)Cc2cncc(-c3cccc4c3CC=C4)c2)cc1. The summed E-state index contributed by atoms with van der Waals surface area (Å²) in [6.07, 6.45) is 10.4. The van der Waals surface area contributed by atoms with E-state index in [1.807, 2.05) is 30.5 Å². The number of pyridine rings is 1. The maximum Gasteiger partial charge on any atom is 0.167 e. The van der Waals surface area contributed by atoms with E-state index in [1.54, 1.807) is 6.20 Å². The normalized spacial score (nSPS) is 12.2. The van der Waals surface area contributed by atoms with Crippen LogP contribution in [0, 0.1) is 0 Å². The molecule has 0 fully saturated rings. The topological polar surface area (TPSA) is 30.0 Å². The molecule has 0 aliphatic heterocycles. The second-order valence-corrected chi connectivity index (χ2v) is 6.71. The highest BCUT2D eigenvalue weighted by Gasteiger charge is 2.13. The number of nitrogens with zero attached hydrogens (tertiary/aromatic N) is 1. The van der Waals surface area contributed by atoms with E-state index in [4.69, 9.17) is 0 Å². The molecule has 0 amide bonds. The summed E-state index contributed by atoms with van der Waals surface area (Å²) in [5, 5.41) is 0. The number of carbonyl (C=O) groups excluding carboxylic acids is 1. The zero-order chi connectivity index (χ0) is 17.9. The summed E-state index contributed by atoms with van der Waals surface area (Å²) in [5.41, 5.74) is 7.87. The van der Waals surface area contributed by atoms with Gasteiger partial charge in [0.1, 0.15) is 0 Å². The molecule has 0 bridgehead atoms. The monoisotopic (exact) mass is 339 g/mol. The molecule has 26 heavy (non-hydrogen) atoms. The molecule has 0 radical (unpaired) electrons. The summed E-state index contributed by atoms with van der Waals surface area (Å²) in [4.78, 5) is 17.0. The zero-order valence-electron chi connectivity index (χ0n) is 14.9. The number of ketones is 1. The van der Waals surface area contributed by atoms with E-state index in [-0.39, 0.29) is 5.78 Å². The van der Waals surface area contributed by atoms with Gasteiger partial charge in [-0.3, -0.25) is 9.78 Å². The van der Waals surface area contributed by atoms with Crippen molar-refractivity contribution in [2.75, 3.05) is 0 Å². The number of Topliss-reactive ketones (excluding diaryl/α,β-unsaturated/α-hetero) is 1. The Hall–Kier alpha value is -3.00. The van der Waals surface area contributed by atoms with Crippen LogP contribution in [0.2, 0.25) is 0 Å². The molecule has 0 saturated heterocycles. The number of allylic oxidation sites excluding steroid dienone is 1. The average molecular weight is 339 g/mol. The molecule has 4 rings (SSSR count). The Morgan fingerprint density at radius 1 is 1.04 bits per heavy atom. The molecule has 1 heterocycles. The Bertz CT molecular complexity index is 983. The number of aromatic nitrogens is 1. The number of carbonyl (C=O) groups is 1. The molecule has 0 saturated carbocycles. The van der Waals surface area contributed by atoms with E-state index in [0.717, 1.165) is 29.5 Å². The summed E-state index contributed by atoms with van der Waals surface area (Å²) >= 11 is 0. The van der Waals surface area contributed by atoms with Gasteiger partial charge in [0.15, 0.2) is 5.78 Å². The fraction of sp³-hybridized carbons (Fsp3) is 0.167. The van der Waals surface area contributed by atoms with Crippen molar-refractivity contribution in [3.8, 4) is 11.1 Å². The number of hydrogen-bond donors (Lipinski definition) is 0. The predicted molar refractivity (Wildman–Crippen MR) is 106 cm³/mol. The third kappa shape index (κ3) is 3.23. The first-order valence-corrected chi connectivity index (χ1v) is 9.09. The summed E-state index contributed by atoms with van der Waals surface area (Å²) in [5.74, 6) is 0.131. The van der Waals surface area contributed by atoms with Crippen molar-refractivity contribution in [2.45, 2.75) is 26.2 Å². The van der Waals surface area contributed by atoms with Gasteiger partial charge in [-0.15, -0.1) is 0 Å². The molecular weight excluding hydrogens is 318 g/mol. The molecule has 1 aliphatic carbocycles. The van der Waals surface area contributed by atoms with Gasteiger partial charge < -0.3 is 0 Å². The smallest absolute Gasteiger partial charge is 0.167 e. The molecule has 2 nitrogen and oxygen atoms in total. The molecule has 0 atom stereocenters. The first-order chi connectivity index (χ1) is 12.7. The Morgan fingerprint density at radius 3 is 2.69 bits per heavy atom. The minimum Gasteiger partial charge on any atom is -0.294 e. The van der Waals surface area contributed by atoms with E-state index in [0.29, 0.717) is 6.42 Å². The van der Waals surface area contributed by atoms with Crippen molar-refractivity contribution in [3.05, 3.63) is 94.8 Å². The number of aryl methyl sites for hydroxylation is 1. The molecule has 0 spiro atoms. The van der Waals surface area contributed by atoms with Crippen molar-refractivity contribution >= 4 is 11.9 Å². The van der Waals surface area contributed by atoms with Gasteiger partial charge in [-0.1, -0.05) is 61.5 Å². The molecule has 128 valence electrons. The zero-order valence-corrected chi connectivity index (χ0v) is 14.9. The average Bonchev–Trinajstić information content (AvgIpc) is 3.17. The van der Waals surface area contributed by atoms with Crippen LogP contribution in [0.4, 0.5) is 0 Å². The highest BCUT2D eigenvalue weighted by Crippen LogP contribution is 2.31. The van der Waals surface area contributed by atoms with E-state index in [2.05, 4.69) is 48.3 Å². The maximum absolute atomic E-state index is 12.6. The number of rotatable bonds is 5. The second kappa shape index (κ2) is 7.09. The standard InChI is InChI=1S/C24H21NO/c1-2-17-9-11-20(12-10-17)24(26)14-18-13-21(16-25-15-18)23-8-4-6-19-5-3-7-22(19)23/h3-6,8-13,15-16H,2,7,14H2,1H3. The fourth-order valence-corrected chi connectivity index (χ4v) is 3.51. The molecule has 0 unspecified atom stereocenters. The van der Waals surface area contributed by atoms with Crippen LogP contribution in [0.1, 0.15) is 39.5 Å². The van der Waals surface area contributed by atoms with Gasteiger partial charge in [0, 0.05) is 29.9 Å². The fourth-order valence-electron chi connectivity index (χ4n) is 3.51. The lowest BCUT2D eigenvalue weighted by Gasteiger charge is -2.10. The van der Waals surface area contributed by atoms with Crippen LogP contribution in [-0.2, 0) is 19.3 Å². The largest absolute Gasteiger partial charge is 0.294 e. The summed E-state index contributed by atoms with van der Waals surface area (Å²) < 4.78 is 0. The first kappa shape index (κ1) is 16.5. The summed E-state index contributed by atoms with van der Waals surface area (Å²) in [6, 6.07) is 16.4. The number of benzene rings is 2. The quantitative estimate of drug-likeness (QED) is 0.590. The van der Waals surface area contributed by atoms with Gasteiger partial charge in [0.05, 0.1) is 0 Å². The van der Waals surface area contributed by atoms with Gasteiger partial charge in [0.2, 0.25) is 0 Å². The summed E-state index contributed by atoms with van der Waals surface area (Å²) in [7, 11) is 0. The van der Waals surface area contributed by atoms with Crippen LogP contribution in [-0.4, -0.2) is 10.8 Å². The van der Waals surface area contributed by atoms with E-state index < -0.39 is 0 Å². The molecule has 2 heteroatoms. The van der Waals surface area contributed by atoms with Gasteiger partial charge in [-0.2, -0.15) is 0 Å². The highest BCUT2D eigenvalue weighted by molar-refractivity contribution is 5.97. The van der Waals surface area contributed by atoms with Crippen molar-refractivity contribution in [1.82, 2.24) is 4.98 Å². The Kier molecular flexibility index (Phi) is 4.49. The van der Waals surface area contributed by atoms with Gasteiger partial charge in [-0.05, 0) is 46.7 Å². The lowest BCUT2D eigenvalue weighted by molar-refractivity contribution is 0.0993. The Balaban J connectivity index is 1.58. The lowest BCUT2D eigenvalue weighted by Crippen LogP contribution is -2.04. The Labute approximate surface area is 154 Å². The van der Waals surface area contributed by atoms with E-state index in [1.165, 1.54) is 22.3 Å². The van der Waals surface area contributed by atoms with Gasteiger partial charge in [0.25, 0.3) is 0 Å². The van der Waals surface area contributed by atoms with Crippen molar-refractivity contribution in [3.63, 3.8) is 0 Å². The predicted octanol–water partition coefficient (Wildman–Crippen LogP) is 5.31. The van der Waals surface area contributed by atoms with Crippen LogP contribution >= 0.6 is 0 Å². The van der Waals surface area contributed by atoms with Crippen LogP contribution in [0.3, 0.4) is 0 Å². The number of fused-ring (bicyclic) bond motifs is 1. The van der Waals surface area contributed by atoms with Gasteiger partial charge in [-0.25, -0.2) is 0 Å². The maximum atomic E-state index is 12.6. The lowest BCUT2D eigenvalue weighted by atomic mass is 9.95. The molecule has 3 aromatic rings. The van der Waals surface area contributed by atoms with Crippen LogP contribution in [0.15, 0.2) is 67.0 Å². The van der Waals surface area contributed by atoms with Crippen LogP contribution < -0.4 is 0 Å². The molecule has 1 aliphatic rings. The van der Waals surface area contributed by atoms with Crippen molar-refractivity contribution < 1.29 is 4.79 Å². The number of hydrogen-bond acceptors (Lipinski definition) is 2. The highest BCUT2D eigenvalue weighted by atomic mass is 16.1. The summed E-state index contributed by atoms with van der Waals surface area (Å²) in [6.45, 7) is 2.11. The minimum absolute atomic E-state index is 0.131. The molecule has 1 aromatic heterocycles. The van der Waals surface area contributed by atoms with Crippen molar-refractivity contribution in [1.29, 1.82) is 0 Å². The molecule has 0 N–H and O–H groups in total. The third-order valence-electron chi connectivity index (χ3n) is 4.99. The van der Waals surface area contributed by atoms with Crippen LogP contribution in [0.5, 0.6) is 0 Å². The Morgan fingerprint density at radius 2 is 1.88 bits per heavy atom.